The van der Waals surface area contributed by atoms with Crippen molar-refractivity contribution in [3.63, 3.8) is 0 Å². The number of aromatic nitrogens is 2. The summed E-state index contributed by atoms with van der Waals surface area (Å²) in [5, 5.41) is 13.5. The Hall–Kier alpha value is -1.07. The van der Waals surface area contributed by atoms with E-state index in [9.17, 15) is 5.11 Å². The number of hydrogen-bond acceptors (Lipinski definition) is 5. The Morgan fingerprint density at radius 3 is 2.88 bits per heavy atom. The third-order valence-electron chi connectivity index (χ3n) is 3.12. The molecule has 0 spiro atoms. The Morgan fingerprint density at radius 2 is 2.06 bits per heavy atom. The van der Waals surface area contributed by atoms with Gasteiger partial charge in [-0.2, -0.15) is 0 Å². The van der Waals surface area contributed by atoms with Gasteiger partial charge in [0, 0.05) is 0 Å². The van der Waals surface area contributed by atoms with E-state index in [1.165, 1.54) is 6.33 Å². The van der Waals surface area contributed by atoms with Gasteiger partial charge in [-0.05, 0) is 12.8 Å². The summed E-state index contributed by atoms with van der Waals surface area (Å²) in [5.41, 5.74) is 5.61. The summed E-state index contributed by atoms with van der Waals surface area (Å²) >= 11 is 6.01. The second-order valence-electron chi connectivity index (χ2n) is 4.38. The molecule has 2 rings (SSSR count). The van der Waals surface area contributed by atoms with Gasteiger partial charge in [-0.1, -0.05) is 30.9 Å². The number of aliphatic hydroxyl groups is 1. The lowest BCUT2D eigenvalue weighted by atomic mass is 10.1. The monoisotopic (exact) mass is 256 g/mol. The van der Waals surface area contributed by atoms with Crippen LogP contribution in [-0.4, -0.2) is 27.2 Å². The highest BCUT2D eigenvalue weighted by atomic mass is 35.5. The van der Waals surface area contributed by atoms with E-state index in [4.69, 9.17) is 17.3 Å². The largest absolute Gasteiger partial charge is 0.391 e. The molecule has 0 aromatic carbocycles. The minimum absolute atomic E-state index is 0.00991. The molecule has 2 unspecified atom stereocenters. The maximum atomic E-state index is 9.99. The van der Waals surface area contributed by atoms with Crippen LogP contribution in [0.3, 0.4) is 0 Å². The molecule has 1 aliphatic rings. The average Bonchev–Trinajstić information content (AvgIpc) is 2.51. The van der Waals surface area contributed by atoms with Crippen molar-refractivity contribution in [2.75, 3.05) is 11.1 Å². The molecule has 17 heavy (non-hydrogen) atoms. The van der Waals surface area contributed by atoms with Crippen molar-refractivity contribution in [2.45, 2.75) is 44.2 Å². The molecule has 0 aliphatic heterocycles. The van der Waals surface area contributed by atoms with Crippen LogP contribution < -0.4 is 11.1 Å². The Morgan fingerprint density at radius 1 is 1.29 bits per heavy atom. The highest BCUT2D eigenvalue weighted by molar-refractivity contribution is 6.35. The van der Waals surface area contributed by atoms with E-state index in [2.05, 4.69) is 15.3 Å². The number of rotatable bonds is 2. The molecule has 6 heteroatoms. The maximum Gasteiger partial charge on any atom is 0.150 e. The van der Waals surface area contributed by atoms with E-state index in [0.717, 1.165) is 32.1 Å². The molecule has 4 N–H and O–H groups in total. The fraction of sp³-hybridized carbons (Fsp3) is 0.636. The number of nitrogen functional groups attached to an aromatic ring is 1. The zero-order valence-corrected chi connectivity index (χ0v) is 10.3. The zero-order chi connectivity index (χ0) is 12.3. The minimum atomic E-state index is -0.357. The summed E-state index contributed by atoms with van der Waals surface area (Å²) in [6.07, 6.45) is 6.08. The van der Waals surface area contributed by atoms with Crippen molar-refractivity contribution in [1.82, 2.24) is 9.97 Å². The first-order valence-corrected chi connectivity index (χ1v) is 6.27. The molecule has 0 saturated heterocycles. The molecular weight excluding hydrogens is 240 g/mol. The Labute approximate surface area is 105 Å². The molecule has 1 saturated carbocycles. The van der Waals surface area contributed by atoms with E-state index in [-0.39, 0.29) is 18.0 Å². The fourth-order valence-electron chi connectivity index (χ4n) is 2.12. The molecule has 0 bridgehead atoms. The van der Waals surface area contributed by atoms with Gasteiger partial charge in [0.2, 0.25) is 0 Å². The third kappa shape index (κ3) is 2.98. The van der Waals surface area contributed by atoms with Gasteiger partial charge in [0.05, 0.1) is 12.1 Å². The topological polar surface area (TPSA) is 84.1 Å². The standard InChI is InChI=1S/C11H17ClN4O/c12-9-10(13)14-6-15-11(9)16-7-4-2-1-3-5-8(7)17/h6-8,17H,1-5H2,(H3,13,14,15,16). The van der Waals surface area contributed by atoms with Gasteiger partial charge in [0.1, 0.15) is 17.2 Å². The predicted octanol–water partition coefficient (Wildman–Crippen LogP) is 1.82. The van der Waals surface area contributed by atoms with E-state index < -0.39 is 0 Å². The normalized spacial score (nSPS) is 25.3. The molecule has 5 nitrogen and oxygen atoms in total. The molecule has 1 aromatic rings. The van der Waals surface area contributed by atoms with Crippen molar-refractivity contribution >= 4 is 23.2 Å². The molecule has 2 atom stereocenters. The highest BCUT2D eigenvalue weighted by Gasteiger charge is 2.22. The van der Waals surface area contributed by atoms with Gasteiger partial charge < -0.3 is 16.2 Å². The quantitative estimate of drug-likeness (QED) is 0.703. The summed E-state index contributed by atoms with van der Waals surface area (Å²) in [5.74, 6) is 0.761. The van der Waals surface area contributed by atoms with Gasteiger partial charge in [-0.15, -0.1) is 0 Å². The van der Waals surface area contributed by atoms with Gasteiger partial charge in [-0.3, -0.25) is 0 Å². The lowest BCUT2D eigenvalue weighted by molar-refractivity contribution is 0.144. The molecule has 1 fully saturated rings. The maximum absolute atomic E-state index is 9.99. The first kappa shape index (κ1) is 12.4. The van der Waals surface area contributed by atoms with Crippen molar-refractivity contribution in [2.24, 2.45) is 0 Å². The van der Waals surface area contributed by atoms with Gasteiger partial charge in [-0.25, -0.2) is 9.97 Å². The summed E-state index contributed by atoms with van der Waals surface area (Å²) in [4.78, 5) is 7.86. The molecule has 94 valence electrons. The fourth-order valence-corrected chi connectivity index (χ4v) is 2.27. The van der Waals surface area contributed by atoms with E-state index in [1.54, 1.807) is 0 Å². The summed E-state index contributed by atoms with van der Waals surface area (Å²) < 4.78 is 0. The Bertz CT molecular complexity index is 388. The second kappa shape index (κ2) is 5.51. The summed E-state index contributed by atoms with van der Waals surface area (Å²) in [7, 11) is 0. The Kier molecular flexibility index (Phi) is 4.02. The Balaban J connectivity index is 2.10. The van der Waals surface area contributed by atoms with Crippen LogP contribution in [-0.2, 0) is 0 Å². The van der Waals surface area contributed by atoms with Crippen LogP contribution in [0.5, 0.6) is 0 Å². The lowest BCUT2D eigenvalue weighted by Gasteiger charge is -2.22. The van der Waals surface area contributed by atoms with Gasteiger partial charge in [0.25, 0.3) is 0 Å². The van der Waals surface area contributed by atoms with Crippen molar-refractivity contribution in [3.05, 3.63) is 11.3 Å². The van der Waals surface area contributed by atoms with Gasteiger partial charge in [0.15, 0.2) is 5.82 Å². The summed E-state index contributed by atoms with van der Waals surface area (Å²) in [6, 6.07) is -0.00991. The van der Waals surface area contributed by atoms with E-state index >= 15 is 0 Å². The number of aliphatic hydroxyl groups excluding tert-OH is 1. The number of hydrogen-bond donors (Lipinski definition) is 3. The van der Waals surface area contributed by atoms with Crippen molar-refractivity contribution in [3.8, 4) is 0 Å². The van der Waals surface area contributed by atoms with Crippen molar-refractivity contribution < 1.29 is 5.11 Å². The number of nitrogens with one attached hydrogen (secondary N) is 1. The number of nitrogens with zero attached hydrogens (tertiary/aromatic N) is 2. The zero-order valence-electron chi connectivity index (χ0n) is 9.56. The van der Waals surface area contributed by atoms with Crippen LogP contribution in [0.25, 0.3) is 0 Å². The second-order valence-corrected chi connectivity index (χ2v) is 4.76. The average molecular weight is 257 g/mol. The van der Waals surface area contributed by atoms with Crippen LogP contribution in [0.15, 0.2) is 6.33 Å². The van der Waals surface area contributed by atoms with E-state index in [0.29, 0.717) is 10.8 Å². The van der Waals surface area contributed by atoms with Crippen LogP contribution in [0.1, 0.15) is 32.1 Å². The highest BCUT2D eigenvalue weighted by Crippen LogP contribution is 2.27. The molecule has 1 aliphatic carbocycles. The predicted molar refractivity (Wildman–Crippen MR) is 68.0 cm³/mol. The molecule has 0 radical (unpaired) electrons. The molecule has 0 amide bonds. The SMILES string of the molecule is Nc1ncnc(NC2CCCCCC2O)c1Cl. The summed E-state index contributed by atoms with van der Waals surface area (Å²) in [6.45, 7) is 0. The minimum Gasteiger partial charge on any atom is -0.391 e. The smallest absolute Gasteiger partial charge is 0.150 e. The first-order chi connectivity index (χ1) is 8.18. The molecule has 1 aromatic heterocycles. The van der Waals surface area contributed by atoms with Crippen molar-refractivity contribution in [1.29, 1.82) is 0 Å². The molecular formula is C11H17ClN4O. The van der Waals surface area contributed by atoms with Crippen LogP contribution in [0.2, 0.25) is 5.02 Å². The first-order valence-electron chi connectivity index (χ1n) is 5.89. The van der Waals surface area contributed by atoms with E-state index in [1.807, 2.05) is 0 Å². The number of nitrogens with two attached hydrogens (primary N) is 1. The van der Waals surface area contributed by atoms with Gasteiger partial charge >= 0.3 is 0 Å². The van der Waals surface area contributed by atoms with Crippen LogP contribution >= 0.6 is 11.6 Å². The third-order valence-corrected chi connectivity index (χ3v) is 3.49. The van der Waals surface area contributed by atoms with Crippen LogP contribution in [0.4, 0.5) is 11.6 Å². The molecule has 1 heterocycles. The number of halogens is 1. The lowest BCUT2D eigenvalue weighted by Crippen LogP contribution is -2.33. The van der Waals surface area contributed by atoms with Crippen LogP contribution in [0, 0.1) is 0 Å². The number of anilines is 2.